The summed E-state index contributed by atoms with van der Waals surface area (Å²) in [5, 5.41) is 11.4. The van der Waals surface area contributed by atoms with Crippen LogP contribution in [-0.2, 0) is 0 Å². The summed E-state index contributed by atoms with van der Waals surface area (Å²) in [6.07, 6.45) is 1.86. The zero-order valence-electron chi connectivity index (χ0n) is 17.2. The van der Waals surface area contributed by atoms with Crippen LogP contribution in [0.3, 0.4) is 0 Å². The van der Waals surface area contributed by atoms with Gasteiger partial charge in [0.25, 0.3) is 5.95 Å². The lowest BCUT2D eigenvalue weighted by atomic mass is 9.92. The average Bonchev–Trinajstić information content (AvgIpc) is 3.39. The maximum absolute atomic E-state index is 13.5. The van der Waals surface area contributed by atoms with Crippen molar-refractivity contribution in [2.24, 2.45) is 0 Å². The number of halogens is 3. The third kappa shape index (κ3) is 4.09. The molecule has 5 rings (SSSR count). The number of nitrogens with zero attached hydrogens (tertiary/aromatic N) is 5. The fraction of sp³-hybridized carbons (Fsp3) is 0.650. The highest BCUT2D eigenvalue weighted by atomic mass is 35.5. The molecular weight excluding hydrogens is 412 g/mol. The van der Waals surface area contributed by atoms with Crippen molar-refractivity contribution in [1.29, 1.82) is 0 Å². The minimum absolute atomic E-state index is 0. The first kappa shape index (κ1) is 21.2. The van der Waals surface area contributed by atoms with Gasteiger partial charge in [-0.3, -0.25) is 0 Å². The van der Waals surface area contributed by atoms with Crippen molar-refractivity contribution in [3.63, 3.8) is 0 Å². The van der Waals surface area contributed by atoms with Gasteiger partial charge >= 0.3 is 0 Å². The lowest BCUT2D eigenvalue weighted by Gasteiger charge is -2.31. The molecule has 2 aliphatic heterocycles. The topological polar surface area (TPSA) is 70.9 Å². The van der Waals surface area contributed by atoms with Crippen LogP contribution in [-0.4, -0.2) is 56.9 Å². The molecule has 4 heterocycles. The first-order valence-corrected chi connectivity index (χ1v) is 10.4. The molecule has 3 aliphatic rings. The normalized spacial score (nSPS) is 25.4. The Kier molecular flexibility index (Phi) is 5.61. The van der Waals surface area contributed by atoms with Gasteiger partial charge in [0, 0.05) is 55.8 Å². The minimum atomic E-state index is -2.54. The molecule has 2 aromatic heterocycles. The Morgan fingerprint density at radius 2 is 1.93 bits per heavy atom. The van der Waals surface area contributed by atoms with Crippen molar-refractivity contribution in [2.45, 2.75) is 70.0 Å². The minimum Gasteiger partial charge on any atom is -0.367 e. The number of nitrogens with one attached hydrogen (secondary N) is 2. The maximum atomic E-state index is 13.5. The molecule has 30 heavy (non-hydrogen) atoms. The highest BCUT2D eigenvalue weighted by Crippen LogP contribution is 2.35. The van der Waals surface area contributed by atoms with E-state index < -0.39 is 5.92 Å². The number of alkyl halides is 2. The number of rotatable bonds is 4. The molecule has 2 atom stereocenters. The van der Waals surface area contributed by atoms with Gasteiger partial charge in [-0.05, 0) is 39.2 Å². The van der Waals surface area contributed by atoms with Gasteiger partial charge in [-0.1, -0.05) is 0 Å². The molecule has 1 unspecified atom stereocenters. The Bertz CT molecular complexity index is 909. The SMILES string of the molecule is Cc1cc(C)n(-c2nc(NC3CCC(F)(F)CC3)cc(N3C[C@H]4CC3CN4)n2)n1.Cl. The average molecular weight is 440 g/mol. The largest absolute Gasteiger partial charge is 0.367 e. The lowest BCUT2D eigenvalue weighted by Crippen LogP contribution is -2.44. The quantitative estimate of drug-likeness (QED) is 0.762. The molecule has 1 saturated carbocycles. The van der Waals surface area contributed by atoms with Gasteiger partial charge in [-0.2, -0.15) is 15.1 Å². The van der Waals surface area contributed by atoms with Crippen molar-refractivity contribution in [3.8, 4) is 5.95 Å². The van der Waals surface area contributed by atoms with E-state index in [1.165, 1.54) is 0 Å². The summed E-state index contributed by atoms with van der Waals surface area (Å²) in [5.41, 5.74) is 1.87. The second-order valence-electron chi connectivity index (χ2n) is 8.67. The summed E-state index contributed by atoms with van der Waals surface area (Å²) in [5.74, 6) is -0.456. The van der Waals surface area contributed by atoms with E-state index in [1.807, 2.05) is 26.0 Å². The van der Waals surface area contributed by atoms with Crippen LogP contribution in [0.25, 0.3) is 5.95 Å². The fourth-order valence-corrected chi connectivity index (χ4v) is 4.80. The fourth-order valence-electron chi connectivity index (χ4n) is 4.80. The first-order valence-electron chi connectivity index (χ1n) is 10.4. The zero-order chi connectivity index (χ0) is 20.2. The van der Waals surface area contributed by atoms with Crippen LogP contribution in [0, 0.1) is 13.8 Å². The number of hydrogen-bond acceptors (Lipinski definition) is 6. The predicted octanol–water partition coefficient (Wildman–Crippen LogP) is 3.24. The molecule has 0 aromatic carbocycles. The second-order valence-corrected chi connectivity index (χ2v) is 8.67. The molecule has 3 fully saturated rings. The predicted molar refractivity (Wildman–Crippen MR) is 114 cm³/mol. The molecular formula is C20H28ClF2N7. The molecule has 164 valence electrons. The van der Waals surface area contributed by atoms with E-state index in [4.69, 9.17) is 9.97 Å². The molecule has 7 nitrogen and oxygen atoms in total. The Balaban J connectivity index is 0.00000218. The van der Waals surface area contributed by atoms with Gasteiger partial charge in [0.1, 0.15) is 11.6 Å². The monoisotopic (exact) mass is 439 g/mol. The van der Waals surface area contributed by atoms with Gasteiger partial charge in [0.15, 0.2) is 0 Å². The highest BCUT2D eigenvalue weighted by molar-refractivity contribution is 5.85. The summed E-state index contributed by atoms with van der Waals surface area (Å²) in [6, 6.07) is 4.90. The van der Waals surface area contributed by atoms with Crippen LogP contribution in [0.4, 0.5) is 20.4 Å². The standard InChI is InChI=1S/C20H27F2N7.ClH/c1-12-7-13(2)29(27-12)19-25-17(24-14-3-5-20(21,22)6-4-14)9-18(26-19)28-11-15-8-16(28)10-23-15;/h7,9,14-16,23H,3-6,8,10-11H2,1-2H3,(H,24,25,26);1H/t15-,16?;/m1./s1. The smallest absolute Gasteiger partial charge is 0.254 e. The number of aromatic nitrogens is 4. The Morgan fingerprint density at radius 3 is 2.53 bits per heavy atom. The summed E-state index contributed by atoms with van der Waals surface area (Å²) in [6.45, 7) is 5.81. The van der Waals surface area contributed by atoms with E-state index in [0.29, 0.717) is 36.7 Å². The van der Waals surface area contributed by atoms with Gasteiger partial charge in [-0.25, -0.2) is 13.5 Å². The molecule has 0 spiro atoms. The number of anilines is 2. The van der Waals surface area contributed by atoms with Crippen molar-refractivity contribution < 1.29 is 8.78 Å². The van der Waals surface area contributed by atoms with Crippen molar-refractivity contribution in [3.05, 3.63) is 23.5 Å². The van der Waals surface area contributed by atoms with Crippen LogP contribution >= 0.6 is 12.4 Å². The summed E-state index contributed by atoms with van der Waals surface area (Å²) < 4.78 is 28.8. The Labute approximate surface area is 181 Å². The van der Waals surface area contributed by atoms with Crippen molar-refractivity contribution >= 4 is 24.0 Å². The number of hydrogen-bond donors (Lipinski definition) is 2. The molecule has 10 heteroatoms. The van der Waals surface area contributed by atoms with E-state index in [9.17, 15) is 8.78 Å². The maximum Gasteiger partial charge on any atom is 0.254 e. The van der Waals surface area contributed by atoms with Gasteiger partial charge in [0.05, 0.1) is 5.69 Å². The van der Waals surface area contributed by atoms with Gasteiger partial charge < -0.3 is 15.5 Å². The summed E-state index contributed by atoms with van der Waals surface area (Å²) in [4.78, 5) is 11.8. The van der Waals surface area contributed by atoms with E-state index in [2.05, 4.69) is 20.6 Å². The molecule has 2 bridgehead atoms. The van der Waals surface area contributed by atoms with E-state index in [-0.39, 0.29) is 31.3 Å². The Hall–Kier alpha value is -2.00. The first-order chi connectivity index (χ1) is 13.9. The van der Waals surface area contributed by atoms with Gasteiger partial charge in [0.2, 0.25) is 5.92 Å². The van der Waals surface area contributed by atoms with E-state index in [0.717, 1.165) is 36.7 Å². The third-order valence-electron chi connectivity index (χ3n) is 6.32. The van der Waals surface area contributed by atoms with Crippen LogP contribution in [0.1, 0.15) is 43.5 Å². The number of piperazine rings is 1. The molecule has 0 amide bonds. The van der Waals surface area contributed by atoms with Crippen LogP contribution in [0.5, 0.6) is 0 Å². The number of fused-ring (bicyclic) bond motifs is 2. The molecule has 2 N–H and O–H groups in total. The third-order valence-corrected chi connectivity index (χ3v) is 6.32. The molecule has 1 aliphatic carbocycles. The highest BCUT2D eigenvalue weighted by Gasteiger charge is 2.39. The van der Waals surface area contributed by atoms with Crippen LogP contribution < -0.4 is 15.5 Å². The van der Waals surface area contributed by atoms with E-state index in [1.54, 1.807) is 4.68 Å². The molecule has 2 saturated heterocycles. The lowest BCUT2D eigenvalue weighted by molar-refractivity contribution is -0.0361. The molecule has 2 aromatic rings. The number of aryl methyl sites for hydroxylation is 2. The summed E-state index contributed by atoms with van der Waals surface area (Å²) in [7, 11) is 0. The molecule has 0 radical (unpaired) electrons. The van der Waals surface area contributed by atoms with Crippen molar-refractivity contribution in [1.82, 2.24) is 25.1 Å². The Morgan fingerprint density at radius 1 is 1.17 bits per heavy atom. The summed E-state index contributed by atoms with van der Waals surface area (Å²) >= 11 is 0. The van der Waals surface area contributed by atoms with Gasteiger partial charge in [-0.15, -0.1) is 12.4 Å². The van der Waals surface area contributed by atoms with E-state index >= 15 is 0 Å². The van der Waals surface area contributed by atoms with Crippen LogP contribution in [0.15, 0.2) is 12.1 Å². The van der Waals surface area contributed by atoms with Crippen molar-refractivity contribution in [2.75, 3.05) is 23.3 Å². The van der Waals surface area contributed by atoms with Crippen LogP contribution in [0.2, 0.25) is 0 Å². The zero-order valence-corrected chi connectivity index (χ0v) is 18.1. The second kappa shape index (κ2) is 7.92.